The van der Waals surface area contributed by atoms with E-state index >= 15 is 0 Å². The summed E-state index contributed by atoms with van der Waals surface area (Å²) in [6.45, 7) is 1.67. The molecule has 3 N–H and O–H groups in total. The van der Waals surface area contributed by atoms with Gasteiger partial charge in [0.1, 0.15) is 0 Å². The van der Waals surface area contributed by atoms with Crippen LogP contribution >= 0.6 is 12.4 Å². The van der Waals surface area contributed by atoms with Crippen molar-refractivity contribution < 1.29 is 22.7 Å². The van der Waals surface area contributed by atoms with Crippen LogP contribution in [0.4, 0.5) is 5.69 Å². The maximum Gasteiger partial charge on any atom is 0.251 e. The number of methoxy groups -OCH3 is 2. The van der Waals surface area contributed by atoms with Crippen molar-refractivity contribution >= 4 is 34.0 Å². The van der Waals surface area contributed by atoms with Crippen LogP contribution in [-0.2, 0) is 10.0 Å². The molecule has 1 heterocycles. The fraction of sp³-hybridized carbons (Fsp3) is 0.533. The maximum absolute atomic E-state index is 12.5. The van der Waals surface area contributed by atoms with Crippen LogP contribution in [0.2, 0.25) is 0 Å². The summed E-state index contributed by atoms with van der Waals surface area (Å²) in [6, 6.07) is 3.01. The van der Waals surface area contributed by atoms with Crippen molar-refractivity contribution in [2.75, 3.05) is 38.3 Å². The molecule has 1 aromatic carbocycles. The van der Waals surface area contributed by atoms with Crippen LogP contribution in [-0.4, -0.2) is 53.9 Å². The van der Waals surface area contributed by atoms with Gasteiger partial charge in [-0.2, -0.15) is 0 Å². The van der Waals surface area contributed by atoms with E-state index in [1.165, 1.54) is 26.4 Å². The van der Waals surface area contributed by atoms with Gasteiger partial charge in [0.05, 0.1) is 26.2 Å². The summed E-state index contributed by atoms with van der Waals surface area (Å²) in [5.74, 6) is 0.207. The van der Waals surface area contributed by atoms with Crippen LogP contribution < -0.4 is 24.8 Å². The van der Waals surface area contributed by atoms with E-state index in [0.717, 1.165) is 25.6 Å². The lowest BCUT2D eigenvalue weighted by molar-refractivity contribution is 0.0930. The highest BCUT2D eigenvalue weighted by atomic mass is 35.5. The lowest BCUT2D eigenvalue weighted by Crippen LogP contribution is -2.45. The molecule has 1 unspecified atom stereocenters. The Labute approximate surface area is 154 Å². The molecule has 1 aromatic rings. The van der Waals surface area contributed by atoms with Gasteiger partial charge in [-0.25, -0.2) is 8.42 Å². The number of nitrogens with one attached hydrogen (secondary N) is 3. The number of sulfonamides is 1. The monoisotopic (exact) mass is 393 g/mol. The number of anilines is 1. The summed E-state index contributed by atoms with van der Waals surface area (Å²) >= 11 is 0. The van der Waals surface area contributed by atoms with Gasteiger partial charge in [-0.15, -0.1) is 12.4 Å². The number of rotatable bonds is 6. The Morgan fingerprint density at radius 1 is 1.28 bits per heavy atom. The minimum absolute atomic E-state index is 0. The first kappa shape index (κ1) is 21.3. The van der Waals surface area contributed by atoms with Gasteiger partial charge >= 0.3 is 0 Å². The predicted molar refractivity (Wildman–Crippen MR) is 98.6 cm³/mol. The number of carbonyl (C=O) groups excluding carboxylic acids is 1. The van der Waals surface area contributed by atoms with Gasteiger partial charge in [0.2, 0.25) is 10.0 Å². The molecule has 0 aliphatic carbocycles. The molecule has 1 aliphatic heterocycles. The maximum atomic E-state index is 12.5. The topological polar surface area (TPSA) is 106 Å². The molecule has 0 radical (unpaired) electrons. The Bertz CT molecular complexity index is 705. The highest BCUT2D eigenvalue weighted by molar-refractivity contribution is 7.92. The molecule has 25 heavy (non-hydrogen) atoms. The van der Waals surface area contributed by atoms with Gasteiger partial charge < -0.3 is 20.1 Å². The molecule has 0 saturated carbocycles. The summed E-state index contributed by atoms with van der Waals surface area (Å²) in [5.41, 5.74) is 0.454. The molecule has 1 aliphatic rings. The Morgan fingerprint density at radius 2 is 2.00 bits per heavy atom. The second-order valence-electron chi connectivity index (χ2n) is 5.65. The summed E-state index contributed by atoms with van der Waals surface area (Å²) in [5, 5.41) is 6.16. The molecule has 0 aromatic heterocycles. The first-order valence-electron chi connectivity index (χ1n) is 7.59. The highest BCUT2D eigenvalue weighted by Crippen LogP contribution is 2.37. The third kappa shape index (κ3) is 5.94. The number of benzene rings is 1. The van der Waals surface area contributed by atoms with E-state index in [9.17, 15) is 13.2 Å². The second-order valence-corrected chi connectivity index (χ2v) is 7.40. The van der Waals surface area contributed by atoms with Gasteiger partial charge in [-0.1, -0.05) is 0 Å². The minimum atomic E-state index is -3.53. The Kier molecular flexibility index (Phi) is 7.78. The molecule has 1 fully saturated rings. The first-order chi connectivity index (χ1) is 11.3. The number of hydrogen-bond donors (Lipinski definition) is 3. The van der Waals surface area contributed by atoms with Gasteiger partial charge in [0, 0.05) is 18.2 Å². The summed E-state index contributed by atoms with van der Waals surface area (Å²) in [4.78, 5) is 12.5. The largest absolute Gasteiger partial charge is 0.493 e. The van der Waals surface area contributed by atoms with Crippen molar-refractivity contribution in [3.63, 3.8) is 0 Å². The Hall–Kier alpha value is -1.71. The van der Waals surface area contributed by atoms with Crippen LogP contribution in [0.15, 0.2) is 12.1 Å². The van der Waals surface area contributed by atoms with Crippen LogP contribution in [0.1, 0.15) is 23.2 Å². The van der Waals surface area contributed by atoms with E-state index in [-0.39, 0.29) is 41.5 Å². The molecule has 1 atom stereocenters. The summed E-state index contributed by atoms with van der Waals surface area (Å²) in [7, 11) is -0.705. The number of ether oxygens (including phenoxy) is 2. The quantitative estimate of drug-likeness (QED) is 0.665. The third-order valence-electron chi connectivity index (χ3n) is 3.67. The third-order valence-corrected chi connectivity index (χ3v) is 4.26. The van der Waals surface area contributed by atoms with Crippen LogP contribution in [0.5, 0.6) is 11.5 Å². The fourth-order valence-corrected chi connectivity index (χ4v) is 3.17. The zero-order valence-corrected chi connectivity index (χ0v) is 16.1. The minimum Gasteiger partial charge on any atom is -0.493 e. The highest BCUT2D eigenvalue weighted by Gasteiger charge is 2.21. The first-order valence-corrected chi connectivity index (χ1v) is 9.48. The average Bonchev–Trinajstić information content (AvgIpc) is 2.53. The molecular formula is C15H24ClN3O5S. The molecular weight excluding hydrogens is 370 g/mol. The zero-order chi connectivity index (χ0) is 17.7. The van der Waals surface area contributed by atoms with Gasteiger partial charge in [0.15, 0.2) is 11.5 Å². The average molecular weight is 394 g/mol. The molecule has 142 valence electrons. The van der Waals surface area contributed by atoms with Crippen molar-refractivity contribution in [2.24, 2.45) is 0 Å². The lowest BCUT2D eigenvalue weighted by atomic mass is 10.1. The molecule has 1 amide bonds. The Balaban J connectivity index is 0.00000312. The lowest BCUT2D eigenvalue weighted by Gasteiger charge is -2.24. The van der Waals surface area contributed by atoms with Crippen molar-refractivity contribution in [3.05, 3.63) is 17.7 Å². The van der Waals surface area contributed by atoms with Crippen LogP contribution in [0.3, 0.4) is 0 Å². The van der Waals surface area contributed by atoms with E-state index in [2.05, 4.69) is 15.4 Å². The van der Waals surface area contributed by atoms with Crippen molar-refractivity contribution in [1.29, 1.82) is 0 Å². The molecule has 10 heteroatoms. The van der Waals surface area contributed by atoms with Crippen LogP contribution in [0, 0.1) is 0 Å². The number of carbonyl (C=O) groups is 1. The number of halogens is 1. The van der Waals surface area contributed by atoms with Gasteiger partial charge in [-0.3, -0.25) is 9.52 Å². The van der Waals surface area contributed by atoms with E-state index in [0.29, 0.717) is 12.1 Å². The summed E-state index contributed by atoms with van der Waals surface area (Å²) in [6.07, 6.45) is 2.93. The van der Waals surface area contributed by atoms with Gasteiger partial charge in [0.25, 0.3) is 5.91 Å². The molecule has 0 spiro atoms. The zero-order valence-electron chi connectivity index (χ0n) is 14.4. The van der Waals surface area contributed by atoms with E-state index in [1.807, 2.05) is 0 Å². The van der Waals surface area contributed by atoms with E-state index < -0.39 is 10.0 Å². The summed E-state index contributed by atoms with van der Waals surface area (Å²) < 4.78 is 35.9. The number of piperidine rings is 1. The van der Waals surface area contributed by atoms with Crippen molar-refractivity contribution in [1.82, 2.24) is 10.6 Å². The SMILES string of the molecule is COc1cc(C(=O)NC2CCCNC2)cc(NS(C)(=O)=O)c1OC.Cl. The van der Waals surface area contributed by atoms with Gasteiger partial charge in [-0.05, 0) is 31.5 Å². The molecule has 2 rings (SSSR count). The fourth-order valence-electron chi connectivity index (χ4n) is 2.61. The van der Waals surface area contributed by atoms with Crippen molar-refractivity contribution in [3.8, 4) is 11.5 Å². The molecule has 0 bridgehead atoms. The number of hydrogen-bond acceptors (Lipinski definition) is 6. The van der Waals surface area contributed by atoms with E-state index in [4.69, 9.17) is 9.47 Å². The van der Waals surface area contributed by atoms with Crippen molar-refractivity contribution in [2.45, 2.75) is 18.9 Å². The Morgan fingerprint density at radius 3 is 2.52 bits per heavy atom. The van der Waals surface area contributed by atoms with Crippen LogP contribution in [0.25, 0.3) is 0 Å². The molecule has 8 nitrogen and oxygen atoms in total. The normalized spacial score (nSPS) is 17.2. The van der Waals surface area contributed by atoms with E-state index in [1.54, 1.807) is 0 Å². The second kappa shape index (κ2) is 9.12. The molecule has 1 saturated heterocycles. The smallest absolute Gasteiger partial charge is 0.251 e. The number of amides is 1. The predicted octanol–water partition coefficient (Wildman–Crippen LogP) is 0.979. The standard InChI is InChI=1S/C15H23N3O5S.ClH/c1-22-13-8-10(15(19)17-11-5-4-6-16-9-11)7-12(14(13)23-2)18-24(3,20)21;/h7-8,11,16,18H,4-6,9H2,1-3H3,(H,17,19);1H.